The first-order valence-electron chi connectivity index (χ1n) is 2.63. The Balaban J connectivity index is 2.84. The minimum Gasteiger partial charge on any atom is -0.480 e. The molecule has 0 unspecified atom stereocenters. The topological polar surface area (TPSA) is 65.0 Å². The van der Waals surface area contributed by atoms with Crippen molar-refractivity contribution in [1.82, 2.24) is 0 Å². The third-order valence-corrected chi connectivity index (χ3v) is 0.593. The van der Waals surface area contributed by atoms with Crippen LogP contribution in [-0.4, -0.2) is 38.4 Å². The van der Waals surface area contributed by atoms with Crippen LogP contribution in [0, 0.1) is 0 Å². The van der Waals surface area contributed by atoms with Crippen molar-refractivity contribution in [2.75, 3.05) is 27.3 Å². The molecule has 0 aliphatic rings. The minimum atomic E-state index is -1.01. The molecule has 1 N–H and O–H groups in total. The van der Waals surface area contributed by atoms with E-state index in [0.717, 1.165) is 0 Å². The maximum atomic E-state index is 9.82. The quantitative estimate of drug-likeness (QED) is 0.414. The van der Waals surface area contributed by atoms with Gasteiger partial charge in [0.1, 0.15) is 20.2 Å². The van der Waals surface area contributed by atoms with E-state index in [1.807, 2.05) is 0 Å². The lowest BCUT2D eigenvalue weighted by molar-refractivity contribution is -0.155. The number of carboxylic acids is 1. The average Bonchev–Trinajstić information content (AvgIpc) is 1.87. The average molecular weight is 150 g/mol. The van der Waals surface area contributed by atoms with Gasteiger partial charge >= 0.3 is 5.97 Å². The summed E-state index contributed by atoms with van der Waals surface area (Å²) in [5.41, 5.74) is 0. The van der Waals surface area contributed by atoms with Gasteiger partial charge < -0.3 is 19.3 Å². The van der Waals surface area contributed by atoms with Crippen molar-refractivity contribution >= 4 is 5.97 Å². The van der Waals surface area contributed by atoms with Gasteiger partial charge in [-0.3, -0.25) is 0 Å². The number of carboxylic acid groups (broad SMARTS) is 1. The van der Waals surface area contributed by atoms with Crippen molar-refractivity contribution in [3.8, 4) is 0 Å². The van der Waals surface area contributed by atoms with Crippen LogP contribution in [0.15, 0.2) is 0 Å². The van der Waals surface area contributed by atoms with Crippen LogP contribution in [0.5, 0.6) is 0 Å². The monoisotopic (exact) mass is 150 g/mol. The van der Waals surface area contributed by atoms with Gasteiger partial charge in [0.05, 0.1) is 0 Å². The van der Waals surface area contributed by atoms with Crippen molar-refractivity contribution in [2.24, 2.45) is 0 Å². The van der Waals surface area contributed by atoms with E-state index in [1.165, 1.54) is 7.11 Å². The second-order valence-electron chi connectivity index (χ2n) is 1.47. The van der Waals surface area contributed by atoms with Crippen molar-refractivity contribution in [2.45, 2.75) is 0 Å². The zero-order valence-corrected chi connectivity index (χ0v) is 5.70. The molecule has 0 amide bonds. The zero-order chi connectivity index (χ0) is 7.82. The SMILES string of the molecule is COCOCOCC(=O)O. The molecule has 0 heterocycles. The minimum absolute atomic E-state index is 0.0554. The fourth-order valence-electron chi connectivity index (χ4n) is 0.305. The molecule has 0 saturated carbocycles. The largest absolute Gasteiger partial charge is 0.480 e. The Labute approximate surface area is 58.5 Å². The Kier molecular flexibility index (Phi) is 6.05. The molecule has 0 atom stereocenters. The third kappa shape index (κ3) is 7.35. The highest BCUT2D eigenvalue weighted by Crippen LogP contribution is 1.78. The molecule has 0 aromatic rings. The molecule has 0 bridgehead atoms. The van der Waals surface area contributed by atoms with Gasteiger partial charge in [-0.25, -0.2) is 4.79 Å². The second-order valence-corrected chi connectivity index (χ2v) is 1.47. The summed E-state index contributed by atoms with van der Waals surface area (Å²) in [4.78, 5) is 9.82. The Hall–Kier alpha value is -0.650. The zero-order valence-electron chi connectivity index (χ0n) is 5.70. The molecule has 0 fully saturated rings. The van der Waals surface area contributed by atoms with Crippen LogP contribution >= 0.6 is 0 Å². The number of hydrogen-bond donors (Lipinski definition) is 1. The molecule has 0 aromatic carbocycles. The Morgan fingerprint density at radius 1 is 1.40 bits per heavy atom. The highest BCUT2D eigenvalue weighted by atomic mass is 16.7. The molecule has 10 heavy (non-hydrogen) atoms. The lowest BCUT2D eigenvalue weighted by Gasteiger charge is -2.00. The van der Waals surface area contributed by atoms with E-state index >= 15 is 0 Å². The van der Waals surface area contributed by atoms with E-state index in [4.69, 9.17) is 5.11 Å². The van der Waals surface area contributed by atoms with Crippen molar-refractivity contribution in [1.29, 1.82) is 0 Å². The summed E-state index contributed by atoms with van der Waals surface area (Å²) in [7, 11) is 1.47. The number of aliphatic carboxylic acids is 1. The predicted molar refractivity (Wildman–Crippen MR) is 31.4 cm³/mol. The normalized spacial score (nSPS) is 9.70. The fraction of sp³-hybridized carbons (Fsp3) is 0.800. The Morgan fingerprint density at radius 2 is 2.10 bits per heavy atom. The smallest absolute Gasteiger partial charge is 0.329 e. The standard InChI is InChI=1S/C5H10O5/c1-8-3-10-4-9-2-5(6)7/h2-4H2,1H3,(H,6,7). The van der Waals surface area contributed by atoms with E-state index in [-0.39, 0.29) is 20.2 Å². The summed E-state index contributed by atoms with van der Waals surface area (Å²) in [6, 6.07) is 0. The highest BCUT2D eigenvalue weighted by molar-refractivity contribution is 5.67. The maximum absolute atomic E-state index is 9.82. The summed E-state index contributed by atoms with van der Waals surface area (Å²) in [5, 5.41) is 8.06. The number of rotatable bonds is 6. The van der Waals surface area contributed by atoms with Gasteiger partial charge in [-0.15, -0.1) is 0 Å². The van der Waals surface area contributed by atoms with Gasteiger partial charge in [0.2, 0.25) is 0 Å². The Bertz CT molecular complexity index is 92.0. The van der Waals surface area contributed by atoms with Crippen molar-refractivity contribution in [3.63, 3.8) is 0 Å². The molecule has 0 radical (unpaired) electrons. The number of carbonyl (C=O) groups is 1. The molecule has 0 spiro atoms. The van der Waals surface area contributed by atoms with E-state index in [0.29, 0.717) is 0 Å². The van der Waals surface area contributed by atoms with Gasteiger partial charge in [0.15, 0.2) is 0 Å². The molecule has 5 nitrogen and oxygen atoms in total. The van der Waals surface area contributed by atoms with Crippen molar-refractivity contribution < 1.29 is 24.1 Å². The highest BCUT2D eigenvalue weighted by Gasteiger charge is 1.94. The fourth-order valence-corrected chi connectivity index (χ4v) is 0.305. The second kappa shape index (κ2) is 6.47. The van der Waals surface area contributed by atoms with Gasteiger partial charge in [0.25, 0.3) is 0 Å². The van der Waals surface area contributed by atoms with E-state index in [9.17, 15) is 4.79 Å². The molecule has 0 aliphatic carbocycles. The van der Waals surface area contributed by atoms with Crippen LogP contribution in [0.3, 0.4) is 0 Å². The number of hydrogen-bond acceptors (Lipinski definition) is 4. The van der Waals surface area contributed by atoms with Gasteiger partial charge in [-0.2, -0.15) is 0 Å². The van der Waals surface area contributed by atoms with Crippen LogP contribution in [0.1, 0.15) is 0 Å². The van der Waals surface area contributed by atoms with Crippen LogP contribution in [0.4, 0.5) is 0 Å². The van der Waals surface area contributed by atoms with Crippen LogP contribution in [-0.2, 0) is 19.0 Å². The summed E-state index contributed by atoms with van der Waals surface area (Å²) in [6.45, 7) is -0.288. The summed E-state index contributed by atoms with van der Waals surface area (Å²) in [6.07, 6.45) is 0. The van der Waals surface area contributed by atoms with E-state index in [1.54, 1.807) is 0 Å². The first-order chi connectivity index (χ1) is 4.77. The first-order valence-corrected chi connectivity index (χ1v) is 2.63. The number of methoxy groups -OCH3 is 1. The third-order valence-electron chi connectivity index (χ3n) is 0.593. The molecular weight excluding hydrogens is 140 g/mol. The molecule has 60 valence electrons. The lowest BCUT2D eigenvalue weighted by Crippen LogP contribution is -2.10. The van der Waals surface area contributed by atoms with Gasteiger partial charge in [0, 0.05) is 7.11 Å². The molecular formula is C5H10O5. The molecule has 0 aliphatic heterocycles. The molecule has 0 rings (SSSR count). The van der Waals surface area contributed by atoms with Crippen LogP contribution < -0.4 is 0 Å². The van der Waals surface area contributed by atoms with Gasteiger partial charge in [-0.05, 0) is 0 Å². The molecule has 5 heteroatoms. The van der Waals surface area contributed by atoms with Gasteiger partial charge in [-0.1, -0.05) is 0 Å². The maximum Gasteiger partial charge on any atom is 0.329 e. The van der Waals surface area contributed by atoms with E-state index < -0.39 is 5.97 Å². The van der Waals surface area contributed by atoms with Crippen molar-refractivity contribution in [3.05, 3.63) is 0 Å². The number of ether oxygens (including phenoxy) is 3. The Morgan fingerprint density at radius 3 is 2.60 bits per heavy atom. The van der Waals surface area contributed by atoms with Crippen LogP contribution in [0.25, 0.3) is 0 Å². The van der Waals surface area contributed by atoms with Crippen LogP contribution in [0.2, 0.25) is 0 Å². The summed E-state index contributed by atoms with van der Waals surface area (Å²) < 4.78 is 13.6. The lowest BCUT2D eigenvalue weighted by atomic mass is 10.8. The summed E-state index contributed by atoms with van der Waals surface area (Å²) in [5.74, 6) is -1.01. The predicted octanol–water partition coefficient (Wildman–Crippen LogP) is -0.334. The first kappa shape index (κ1) is 9.35. The molecule has 0 aromatic heterocycles. The summed E-state index contributed by atoms with van der Waals surface area (Å²) >= 11 is 0. The van der Waals surface area contributed by atoms with E-state index in [2.05, 4.69) is 14.2 Å². The molecule has 0 saturated heterocycles.